The minimum Gasteiger partial charge on any atom is -0.375 e. The van der Waals surface area contributed by atoms with E-state index in [4.69, 9.17) is 14.2 Å². The smallest absolute Gasteiger partial charge is 0.115 e. The van der Waals surface area contributed by atoms with Gasteiger partial charge >= 0.3 is 0 Å². The predicted molar refractivity (Wildman–Crippen MR) is 123 cm³/mol. The summed E-state index contributed by atoms with van der Waals surface area (Å²) in [5, 5.41) is 0. The Kier molecular flexibility index (Phi) is 12.8. The first-order valence-electron chi connectivity index (χ1n) is 13.1. The number of unbranched alkanes of at least 4 members (excludes halogenated alkanes) is 14. The second kappa shape index (κ2) is 14.8. The standard InChI is InChI=1S/C26H50O3/c1-3-5-7-9-11-13-15-17-19-25(23-28-25)21-27-22-26(24-29-26)20-18-16-14-12-10-8-6-4-2/h3-24H2,1-2H3. The average Bonchev–Trinajstić information content (AvgIpc) is 3.65. The van der Waals surface area contributed by atoms with Crippen molar-refractivity contribution in [3.05, 3.63) is 0 Å². The second-order valence-corrected chi connectivity index (χ2v) is 9.89. The molecular formula is C26H50O3. The first-order chi connectivity index (χ1) is 14.2. The van der Waals surface area contributed by atoms with Gasteiger partial charge in [0.15, 0.2) is 0 Å². The van der Waals surface area contributed by atoms with Gasteiger partial charge in [0.1, 0.15) is 11.2 Å². The Bertz CT molecular complexity index is 351. The predicted octanol–water partition coefficient (Wildman–Crippen LogP) is 7.60. The van der Waals surface area contributed by atoms with Crippen molar-refractivity contribution < 1.29 is 14.2 Å². The Morgan fingerprint density at radius 1 is 0.517 bits per heavy atom. The molecule has 0 spiro atoms. The van der Waals surface area contributed by atoms with Crippen LogP contribution < -0.4 is 0 Å². The lowest BCUT2D eigenvalue weighted by atomic mass is 10.00. The number of hydrogen-bond acceptors (Lipinski definition) is 3. The number of hydrogen-bond donors (Lipinski definition) is 0. The molecule has 0 saturated carbocycles. The Balaban J connectivity index is 1.41. The zero-order valence-electron chi connectivity index (χ0n) is 19.8. The molecule has 29 heavy (non-hydrogen) atoms. The van der Waals surface area contributed by atoms with E-state index in [1.54, 1.807) is 0 Å². The lowest BCUT2D eigenvalue weighted by Gasteiger charge is -2.16. The van der Waals surface area contributed by atoms with Gasteiger partial charge < -0.3 is 14.2 Å². The highest BCUT2D eigenvalue weighted by Gasteiger charge is 2.47. The molecule has 0 aliphatic carbocycles. The monoisotopic (exact) mass is 410 g/mol. The zero-order chi connectivity index (χ0) is 20.7. The average molecular weight is 411 g/mol. The molecule has 2 atom stereocenters. The van der Waals surface area contributed by atoms with Crippen LogP contribution in [0.1, 0.15) is 129 Å². The lowest BCUT2D eigenvalue weighted by molar-refractivity contribution is 0.0361. The van der Waals surface area contributed by atoms with Gasteiger partial charge in [0.2, 0.25) is 0 Å². The van der Waals surface area contributed by atoms with Crippen molar-refractivity contribution in [2.24, 2.45) is 0 Å². The summed E-state index contributed by atoms with van der Waals surface area (Å²) >= 11 is 0. The Hall–Kier alpha value is -0.120. The molecule has 0 radical (unpaired) electrons. The van der Waals surface area contributed by atoms with Crippen LogP contribution in [0.4, 0.5) is 0 Å². The van der Waals surface area contributed by atoms with Crippen molar-refractivity contribution in [2.75, 3.05) is 26.4 Å². The number of epoxide rings is 2. The largest absolute Gasteiger partial charge is 0.375 e. The van der Waals surface area contributed by atoms with Gasteiger partial charge in [0, 0.05) is 0 Å². The third-order valence-corrected chi connectivity index (χ3v) is 6.81. The fourth-order valence-corrected chi connectivity index (χ4v) is 4.39. The van der Waals surface area contributed by atoms with Crippen molar-refractivity contribution >= 4 is 0 Å². The van der Waals surface area contributed by atoms with Crippen LogP contribution in [-0.4, -0.2) is 37.6 Å². The highest BCUT2D eigenvalue weighted by molar-refractivity contribution is 4.95. The highest BCUT2D eigenvalue weighted by Crippen LogP contribution is 2.37. The van der Waals surface area contributed by atoms with Crippen molar-refractivity contribution in [1.29, 1.82) is 0 Å². The molecule has 0 aromatic heterocycles. The first kappa shape index (κ1) is 25.1. The molecule has 0 bridgehead atoms. The Morgan fingerprint density at radius 2 is 0.828 bits per heavy atom. The highest BCUT2D eigenvalue weighted by atomic mass is 16.6. The molecule has 2 heterocycles. The van der Waals surface area contributed by atoms with Crippen LogP contribution in [0.3, 0.4) is 0 Å². The first-order valence-corrected chi connectivity index (χ1v) is 13.1. The van der Waals surface area contributed by atoms with E-state index < -0.39 is 0 Å². The van der Waals surface area contributed by atoms with Crippen LogP contribution in [0.2, 0.25) is 0 Å². The fourth-order valence-electron chi connectivity index (χ4n) is 4.39. The summed E-state index contributed by atoms with van der Waals surface area (Å²) in [7, 11) is 0. The summed E-state index contributed by atoms with van der Waals surface area (Å²) in [5.74, 6) is 0. The summed E-state index contributed by atoms with van der Waals surface area (Å²) in [5.41, 5.74) is 0.105. The summed E-state index contributed by atoms with van der Waals surface area (Å²) in [6.07, 6.45) is 24.4. The van der Waals surface area contributed by atoms with Gasteiger partial charge in [0.25, 0.3) is 0 Å². The maximum Gasteiger partial charge on any atom is 0.115 e. The van der Waals surface area contributed by atoms with E-state index in [2.05, 4.69) is 13.8 Å². The molecule has 3 nitrogen and oxygen atoms in total. The van der Waals surface area contributed by atoms with Gasteiger partial charge in [-0.25, -0.2) is 0 Å². The summed E-state index contributed by atoms with van der Waals surface area (Å²) in [6.45, 7) is 7.90. The van der Waals surface area contributed by atoms with Gasteiger partial charge in [-0.2, -0.15) is 0 Å². The van der Waals surface area contributed by atoms with Crippen molar-refractivity contribution in [2.45, 2.75) is 141 Å². The van der Waals surface area contributed by atoms with Gasteiger partial charge in [0.05, 0.1) is 26.4 Å². The zero-order valence-corrected chi connectivity index (χ0v) is 19.8. The van der Waals surface area contributed by atoms with Crippen LogP contribution in [0, 0.1) is 0 Å². The van der Waals surface area contributed by atoms with Crippen molar-refractivity contribution in [1.82, 2.24) is 0 Å². The molecule has 2 saturated heterocycles. The minimum absolute atomic E-state index is 0.0524. The maximum absolute atomic E-state index is 6.08. The van der Waals surface area contributed by atoms with Gasteiger partial charge in [-0.1, -0.05) is 117 Å². The van der Waals surface area contributed by atoms with Crippen LogP contribution in [-0.2, 0) is 14.2 Å². The fraction of sp³-hybridized carbons (Fsp3) is 1.00. The summed E-state index contributed by atoms with van der Waals surface area (Å²) < 4.78 is 17.6. The third-order valence-electron chi connectivity index (χ3n) is 6.81. The van der Waals surface area contributed by atoms with Crippen LogP contribution in [0.15, 0.2) is 0 Å². The molecule has 0 aromatic rings. The van der Waals surface area contributed by atoms with Gasteiger partial charge in [-0.3, -0.25) is 0 Å². The van der Waals surface area contributed by atoms with Crippen LogP contribution in [0.25, 0.3) is 0 Å². The molecule has 2 unspecified atom stereocenters. The maximum atomic E-state index is 6.08. The minimum atomic E-state index is 0.0524. The molecule has 2 aliphatic rings. The van der Waals surface area contributed by atoms with E-state index in [1.165, 1.54) is 116 Å². The summed E-state index contributed by atoms with van der Waals surface area (Å²) in [6, 6.07) is 0. The van der Waals surface area contributed by atoms with Gasteiger partial charge in [-0.05, 0) is 12.8 Å². The molecule has 0 amide bonds. The molecule has 3 heteroatoms. The van der Waals surface area contributed by atoms with Crippen LogP contribution in [0.5, 0.6) is 0 Å². The Morgan fingerprint density at radius 3 is 1.14 bits per heavy atom. The Labute approximate surface area is 181 Å². The van der Waals surface area contributed by atoms with E-state index in [-0.39, 0.29) is 11.2 Å². The lowest BCUT2D eigenvalue weighted by Crippen LogP contribution is -2.26. The SMILES string of the molecule is CCCCCCCCCCC1(COCC2(CCCCCCCCCC)CO2)CO1. The van der Waals surface area contributed by atoms with Crippen molar-refractivity contribution in [3.63, 3.8) is 0 Å². The molecule has 2 fully saturated rings. The quantitative estimate of drug-likeness (QED) is 0.136. The molecule has 0 N–H and O–H groups in total. The second-order valence-electron chi connectivity index (χ2n) is 9.89. The number of rotatable bonds is 22. The molecule has 172 valence electrons. The topological polar surface area (TPSA) is 34.3 Å². The normalized spacial score (nSPS) is 25.4. The van der Waals surface area contributed by atoms with Gasteiger partial charge in [-0.15, -0.1) is 0 Å². The van der Waals surface area contributed by atoms with E-state index >= 15 is 0 Å². The third kappa shape index (κ3) is 11.7. The molecule has 0 aromatic carbocycles. The molecule has 2 rings (SSSR count). The van der Waals surface area contributed by atoms with E-state index in [1.807, 2.05) is 0 Å². The molecular weight excluding hydrogens is 360 g/mol. The van der Waals surface area contributed by atoms with E-state index in [0.29, 0.717) is 0 Å². The van der Waals surface area contributed by atoms with Crippen molar-refractivity contribution in [3.8, 4) is 0 Å². The van der Waals surface area contributed by atoms with Crippen LogP contribution >= 0.6 is 0 Å². The van der Waals surface area contributed by atoms with E-state index in [9.17, 15) is 0 Å². The summed E-state index contributed by atoms with van der Waals surface area (Å²) in [4.78, 5) is 0. The number of ether oxygens (including phenoxy) is 3. The van der Waals surface area contributed by atoms with E-state index in [0.717, 1.165) is 26.4 Å². The molecule has 2 aliphatic heterocycles.